The summed E-state index contributed by atoms with van der Waals surface area (Å²) in [4.78, 5) is 8.43. The van der Waals surface area contributed by atoms with Gasteiger partial charge in [-0.05, 0) is 25.1 Å². The third-order valence-corrected chi connectivity index (χ3v) is 2.47. The van der Waals surface area contributed by atoms with E-state index in [4.69, 9.17) is 11.6 Å². The molecule has 0 amide bonds. The Morgan fingerprint density at radius 2 is 1.94 bits per heavy atom. The van der Waals surface area contributed by atoms with Gasteiger partial charge in [0.1, 0.15) is 17.5 Å². The minimum absolute atomic E-state index is 0.349. The van der Waals surface area contributed by atoms with Crippen molar-refractivity contribution in [1.29, 1.82) is 0 Å². The monoisotopic (exact) mass is 251 g/mol. The van der Waals surface area contributed by atoms with E-state index < -0.39 is 0 Å². The number of benzene rings is 1. The zero-order chi connectivity index (χ0) is 12.4. The summed E-state index contributed by atoms with van der Waals surface area (Å²) in [6.07, 6.45) is 0. The second-order valence-electron chi connectivity index (χ2n) is 3.59. The first-order valence-corrected chi connectivity index (χ1v) is 5.46. The number of hydrogen-bond donors (Lipinski definition) is 1. The predicted molar refractivity (Wildman–Crippen MR) is 66.7 cm³/mol. The van der Waals surface area contributed by atoms with Gasteiger partial charge in [-0.25, -0.2) is 14.4 Å². The van der Waals surface area contributed by atoms with Crippen LogP contribution in [-0.4, -0.2) is 17.0 Å². The number of aryl methyl sites for hydroxylation is 1. The van der Waals surface area contributed by atoms with E-state index in [9.17, 15) is 4.39 Å². The molecule has 0 saturated carbocycles. The largest absolute Gasteiger partial charge is 0.373 e. The number of nitrogens with one attached hydrogen (secondary N) is 1. The highest BCUT2D eigenvalue weighted by molar-refractivity contribution is 6.30. The Labute approximate surface area is 104 Å². The Morgan fingerprint density at radius 3 is 2.59 bits per heavy atom. The normalized spacial score (nSPS) is 10.4. The summed E-state index contributed by atoms with van der Waals surface area (Å²) in [6.45, 7) is 1.78. The molecular formula is C12H11ClFN3. The van der Waals surface area contributed by atoms with Crippen LogP contribution in [0.1, 0.15) is 5.82 Å². The van der Waals surface area contributed by atoms with Gasteiger partial charge in [0, 0.05) is 23.7 Å². The fourth-order valence-electron chi connectivity index (χ4n) is 1.55. The molecule has 0 saturated heterocycles. The van der Waals surface area contributed by atoms with E-state index in [1.165, 1.54) is 12.1 Å². The lowest BCUT2D eigenvalue weighted by atomic mass is 10.1. The van der Waals surface area contributed by atoms with Crippen LogP contribution in [0.25, 0.3) is 11.3 Å². The molecule has 1 N–H and O–H groups in total. The molecule has 1 heterocycles. The van der Waals surface area contributed by atoms with E-state index >= 15 is 0 Å². The first-order valence-electron chi connectivity index (χ1n) is 5.08. The maximum Gasteiger partial charge on any atom is 0.130 e. The van der Waals surface area contributed by atoms with Gasteiger partial charge in [-0.15, -0.1) is 0 Å². The summed E-state index contributed by atoms with van der Waals surface area (Å²) in [5, 5.41) is 3.28. The van der Waals surface area contributed by atoms with Gasteiger partial charge in [-0.1, -0.05) is 11.6 Å². The van der Waals surface area contributed by atoms with Crippen LogP contribution in [-0.2, 0) is 0 Å². The molecule has 1 aromatic carbocycles. The number of aromatic nitrogens is 2. The van der Waals surface area contributed by atoms with E-state index in [1.54, 1.807) is 26.1 Å². The van der Waals surface area contributed by atoms with E-state index in [0.29, 0.717) is 27.9 Å². The smallest absolute Gasteiger partial charge is 0.130 e. The van der Waals surface area contributed by atoms with Crippen molar-refractivity contribution in [3.05, 3.63) is 40.9 Å². The SMILES string of the molecule is CNc1cc(-c2cc(F)cc(Cl)c2)nc(C)n1. The molecule has 0 spiro atoms. The third-order valence-electron chi connectivity index (χ3n) is 2.25. The second-order valence-corrected chi connectivity index (χ2v) is 4.03. The highest BCUT2D eigenvalue weighted by Crippen LogP contribution is 2.24. The highest BCUT2D eigenvalue weighted by atomic mass is 35.5. The van der Waals surface area contributed by atoms with Crippen molar-refractivity contribution in [3.8, 4) is 11.3 Å². The van der Waals surface area contributed by atoms with E-state index in [2.05, 4.69) is 15.3 Å². The average Bonchev–Trinajstić information content (AvgIpc) is 2.26. The first-order chi connectivity index (χ1) is 8.08. The molecule has 0 radical (unpaired) electrons. The van der Waals surface area contributed by atoms with E-state index in [1.807, 2.05) is 0 Å². The molecule has 0 atom stereocenters. The molecule has 17 heavy (non-hydrogen) atoms. The zero-order valence-electron chi connectivity index (χ0n) is 9.46. The molecule has 2 aromatic rings. The summed E-state index contributed by atoms with van der Waals surface area (Å²) in [5.41, 5.74) is 1.28. The molecule has 3 nitrogen and oxygen atoms in total. The van der Waals surface area contributed by atoms with Gasteiger partial charge in [-0.3, -0.25) is 0 Å². The van der Waals surface area contributed by atoms with Gasteiger partial charge in [-0.2, -0.15) is 0 Å². The number of rotatable bonds is 2. The summed E-state index contributed by atoms with van der Waals surface area (Å²) in [5.74, 6) is 0.926. The Bertz CT molecular complexity index is 537. The quantitative estimate of drug-likeness (QED) is 0.890. The van der Waals surface area contributed by atoms with E-state index in [0.717, 1.165) is 0 Å². The minimum atomic E-state index is -0.380. The van der Waals surface area contributed by atoms with Gasteiger partial charge in [0.25, 0.3) is 0 Å². The molecule has 0 aliphatic carbocycles. The van der Waals surface area contributed by atoms with Gasteiger partial charge in [0.15, 0.2) is 0 Å². The Morgan fingerprint density at radius 1 is 1.18 bits per heavy atom. The van der Waals surface area contributed by atoms with Crippen LogP contribution in [0.2, 0.25) is 5.02 Å². The fourth-order valence-corrected chi connectivity index (χ4v) is 1.77. The van der Waals surface area contributed by atoms with Gasteiger partial charge in [0.2, 0.25) is 0 Å². The molecule has 2 rings (SSSR count). The summed E-state index contributed by atoms with van der Waals surface area (Å²) >= 11 is 5.81. The van der Waals surface area contributed by atoms with Crippen molar-refractivity contribution < 1.29 is 4.39 Å². The van der Waals surface area contributed by atoms with Crippen molar-refractivity contribution in [1.82, 2.24) is 9.97 Å². The molecule has 0 bridgehead atoms. The number of halogens is 2. The summed E-state index contributed by atoms with van der Waals surface area (Å²) in [7, 11) is 1.77. The molecule has 0 aliphatic rings. The zero-order valence-corrected chi connectivity index (χ0v) is 10.2. The van der Waals surface area contributed by atoms with Crippen molar-refractivity contribution in [3.63, 3.8) is 0 Å². The van der Waals surface area contributed by atoms with E-state index in [-0.39, 0.29) is 5.82 Å². The molecule has 5 heteroatoms. The maximum atomic E-state index is 13.3. The van der Waals surface area contributed by atoms with Crippen LogP contribution in [0.3, 0.4) is 0 Å². The topological polar surface area (TPSA) is 37.8 Å². The van der Waals surface area contributed by atoms with Crippen LogP contribution in [0.15, 0.2) is 24.3 Å². The molecule has 0 unspecified atom stereocenters. The first kappa shape index (κ1) is 11.8. The number of nitrogens with zero attached hydrogens (tertiary/aromatic N) is 2. The standard InChI is InChI=1S/C12H11ClFN3/c1-7-16-11(6-12(15-2)17-7)8-3-9(13)5-10(14)4-8/h3-6H,1-2H3,(H,15,16,17). The van der Waals surface area contributed by atoms with Gasteiger partial charge in [0.05, 0.1) is 5.69 Å². The molecule has 0 aliphatic heterocycles. The van der Waals surface area contributed by atoms with Gasteiger partial charge < -0.3 is 5.32 Å². The molecule has 1 aromatic heterocycles. The Balaban J connectivity index is 2.55. The van der Waals surface area contributed by atoms with Crippen LogP contribution < -0.4 is 5.32 Å². The predicted octanol–water partition coefficient (Wildman–Crippen LogP) is 3.29. The van der Waals surface area contributed by atoms with Crippen LogP contribution in [0.5, 0.6) is 0 Å². The van der Waals surface area contributed by atoms with Crippen LogP contribution in [0, 0.1) is 12.7 Å². The summed E-state index contributed by atoms with van der Waals surface area (Å²) in [6, 6.07) is 6.08. The summed E-state index contributed by atoms with van der Waals surface area (Å²) < 4.78 is 13.3. The molecular weight excluding hydrogens is 241 g/mol. The van der Waals surface area contributed by atoms with Crippen molar-refractivity contribution in [2.45, 2.75) is 6.92 Å². The maximum absolute atomic E-state index is 13.3. The van der Waals surface area contributed by atoms with Crippen molar-refractivity contribution in [2.24, 2.45) is 0 Å². The lowest BCUT2D eigenvalue weighted by molar-refractivity contribution is 0.628. The lowest BCUT2D eigenvalue weighted by Gasteiger charge is -2.06. The molecule has 0 fully saturated rings. The number of hydrogen-bond acceptors (Lipinski definition) is 3. The lowest BCUT2D eigenvalue weighted by Crippen LogP contribution is -1.98. The fraction of sp³-hybridized carbons (Fsp3) is 0.167. The number of anilines is 1. The Hall–Kier alpha value is -1.68. The van der Waals surface area contributed by atoms with Crippen molar-refractivity contribution in [2.75, 3.05) is 12.4 Å². The Kier molecular flexibility index (Phi) is 3.24. The second kappa shape index (κ2) is 4.67. The minimum Gasteiger partial charge on any atom is -0.373 e. The highest BCUT2D eigenvalue weighted by Gasteiger charge is 2.06. The van der Waals surface area contributed by atoms with Crippen LogP contribution >= 0.6 is 11.6 Å². The van der Waals surface area contributed by atoms with Crippen molar-refractivity contribution >= 4 is 17.4 Å². The average molecular weight is 252 g/mol. The van der Waals surface area contributed by atoms with Crippen LogP contribution in [0.4, 0.5) is 10.2 Å². The van der Waals surface area contributed by atoms with Gasteiger partial charge >= 0.3 is 0 Å². The third kappa shape index (κ3) is 2.71. The molecule has 88 valence electrons.